The van der Waals surface area contributed by atoms with Gasteiger partial charge in [0, 0.05) is 49.4 Å². The van der Waals surface area contributed by atoms with Crippen molar-refractivity contribution in [2.45, 2.75) is 59.0 Å². The molecule has 0 aliphatic carbocycles. The number of nitrogens with one attached hydrogen (secondary N) is 1. The second-order valence-corrected chi connectivity index (χ2v) is 11.9. The van der Waals surface area contributed by atoms with Crippen molar-refractivity contribution in [3.63, 3.8) is 0 Å². The Balaban J connectivity index is 1.22. The van der Waals surface area contributed by atoms with Crippen molar-refractivity contribution < 1.29 is 8.78 Å². The van der Waals surface area contributed by atoms with Crippen LogP contribution >= 0.6 is 0 Å². The Labute approximate surface area is 233 Å². The normalized spacial score (nSPS) is 16.6. The number of pyridine rings is 1. The summed E-state index contributed by atoms with van der Waals surface area (Å²) in [7, 11) is 0. The minimum atomic E-state index is -0.629. The van der Waals surface area contributed by atoms with Crippen molar-refractivity contribution in [2.24, 2.45) is 0 Å². The highest BCUT2D eigenvalue weighted by Gasteiger charge is 2.24. The van der Waals surface area contributed by atoms with Crippen LogP contribution in [0.2, 0.25) is 0 Å². The topological polar surface area (TPSA) is 75.0 Å². The zero-order valence-corrected chi connectivity index (χ0v) is 23.6. The van der Waals surface area contributed by atoms with Crippen molar-refractivity contribution in [1.29, 1.82) is 0 Å². The van der Waals surface area contributed by atoms with Gasteiger partial charge in [0.2, 0.25) is 5.95 Å². The minimum absolute atomic E-state index is 0.0178. The number of benzene rings is 1. The Hall–Kier alpha value is -3.50. The van der Waals surface area contributed by atoms with Crippen LogP contribution in [0.1, 0.15) is 50.7 Å². The van der Waals surface area contributed by atoms with Crippen LogP contribution in [0.5, 0.6) is 0 Å². The maximum atomic E-state index is 15.1. The summed E-state index contributed by atoms with van der Waals surface area (Å²) in [6.45, 7) is 14.4. The van der Waals surface area contributed by atoms with Gasteiger partial charge in [0.1, 0.15) is 22.9 Å². The van der Waals surface area contributed by atoms with E-state index in [2.05, 4.69) is 36.1 Å². The fraction of sp³-hybridized carbons (Fsp3) is 0.467. The van der Waals surface area contributed by atoms with Gasteiger partial charge in [-0.3, -0.25) is 4.90 Å². The Bertz CT molecular complexity index is 1550. The van der Waals surface area contributed by atoms with E-state index in [4.69, 9.17) is 4.98 Å². The number of aryl methyl sites for hydroxylation is 1. The smallest absolute Gasteiger partial charge is 0.229 e. The van der Waals surface area contributed by atoms with E-state index in [9.17, 15) is 4.39 Å². The number of hydrogen-bond acceptors (Lipinski definition) is 7. The summed E-state index contributed by atoms with van der Waals surface area (Å²) >= 11 is 0. The van der Waals surface area contributed by atoms with Crippen LogP contribution in [0.15, 0.2) is 30.5 Å². The summed E-state index contributed by atoms with van der Waals surface area (Å²) < 4.78 is 32.1. The fourth-order valence-corrected chi connectivity index (χ4v) is 6.00. The van der Waals surface area contributed by atoms with E-state index in [-0.39, 0.29) is 22.7 Å². The average Bonchev–Trinajstić information content (AvgIpc) is 3.55. The van der Waals surface area contributed by atoms with Crippen LogP contribution < -0.4 is 5.32 Å². The molecule has 3 aromatic heterocycles. The molecule has 0 unspecified atom stereocenters. The predicted molar refractivity (Wildman–Crippen MR) is 153 cm³/mol. The monoisotopic (exact) mass is 546 g/mol. The highest BCUT2D eigenvalue weighted by Crippen LogP contribution is 2.32. The SMILES string of the molecule is Cc1nc2c(F)cc(-c3nc(Nc4ccc5c(n4)CCN(CCN4CCCC4)C5)ncc3F)cc2n1C(C)(C)C. The number of likely N-dealkylation sites (tertiary alicyclic amines) is 1. The van der Waals surface area contributed by atoms with Crippen LogP contribution in [0, 0.1) is 18.6 Å². The minimum Gasteiger partial charge on any atom is -0.323 e. The van der Waals surface area contributed by atoms with Gasteiger partial charge in [0.05, 0.1) is 11.7 Å². The number of imidazole rings is 1. The number of aromatic nitrogens is 5. The van der Waals surface area contributed by atoms with Gasteiger partial charge in [-0.05, 0) is 77.4 Å². The Morgan fingerprint density at radius 1 is 0.925 bits per heavy atom. The largest absolute Gasteiger partial charge is 0.323 e. The highest BCUT2D eigenvalue weighted by molar-refractivity contribution is 5.83. The molecule has 1 saturated heterocycles. The molecule has 1 N–H and O–H groups in total. The molecule has 0 radical (unpaired) electrons. The lowest BCUT2D eigenvalue weighted by atomic mass is 10.1. The molecule has 1 fully saturated rings. The van der Waals surface area contributed by atoms with Crippen molar-refractivity contribution in [2.75, 3.05) is 38.0 Å². The number of hydrogen-bond donors (Lipinski definition) is 1. The van der Waals surface area contributed by atoms with E-state index in [0.29, 0.717) is 22.7 Å². The molecule has 0 saturated carbocycles. The molecule has 5 heterocycles. The van der Waals surface area contributed by atoms with Crippen LogP contribution in [-0.4, -0.2) is 67.0 Å². The van der Waals surface area contributed by atoms with E-state index >= 15 is 4.39 Å². The third-order valence-corrected chi connectivity index (χ3v) is 7.87. The van der Waals surface area contributed by atoms with Gasteiger partial charge < -0.3 is 14.8 Å². The van der Waals surface area contributed by atoms with Gasteiger partial charge in [0.15, 0.2) is 11.6 Å². The van der Waals surface area contributed by atoms with Crippen molar-refractivity contribution >= 4 is 22.8 Å². The van der Waals surface area contributed by atoms with Crippen LogP contribution in [0.4, 0.5) is 20.5 Å². The lowest BCUT2D eigenvalue weighted by Gasteiger charge is -2.29. The van der Waals surface area contributed by atoms with E-state index in [1.165, 1.54) is 37.6 Å². The molecule has 2 aliphatic heterocycles. The quantitative estimate of drug-likeness (QED) is 0.346. The molecular formula is C30H36F2N8. The first kappa shape index (κ1) is 26.7. The molecule has 8 nitrogen and oxygen atoms in total. The molecule has 40 heavy (non-hydrogen) atoms. The van der Waals surface area contributed by atoms with Crippen LogP contribution in [-0.2, 0) is 18.5 Å². The van der Waals surface area contributed by atoms with Crippen LogP contribution in [0.3, 0.4) is 0 Å². The molecule has 0 atom stereocenters. The number of halogens is 2. The Morgan fingerprint density at radius 2 is 1.70 bits per heavy atom. The van der Waals surface area contributed by atoms with Gasteiger partial charge in [-0.25, -0.2) is 28.7 Å². The third-order valence-electron chi connectivity index (χ3n) is 7.87. The molecule has 0 amide bonds. The Kier molecular flexibility index (Phi) is 7.00. The van der Waals surface area contributed by atoms with Gasteiger partial charge in [-0.2, -0.15) is 0 Å². The highest BCUT2D eigenvalue weighted by atomic mass is 19.1. The number of fused-ring (bicyclic) bond motifs is 2. The molecule has 210 valence electrons. The van der Waals surface area contributed by atoms with E-state index in [0.717, 1.165) is 44.5 Å². The van der Waals surface area contributed by atoms with Gasteiger partial charge in [-0.15, -0.1) is 0 Å². The third kappa shape index (κ3) is 5.30. The van der Waals surface area contributed by atoms with Crippen molar-refractivity contribution in [3.8, 4) is 11.3 Å². The molecule has 0 bridgehead atoms. The first-order valence-corrected chi connectivity index (χ1v) is 14.1. The average molecular weight is 547 g/mol. The van der Waals surface area contributed by atoms with Gasteiger partial charge >= 0.3 is 0 Å². The molecule has 10 heteroatoms. The van der Waals surface area contributed by atoms with Gasteiger partial charge in [0.25, 0.3) is 0 Å². The first-order chi connectivity index (χ1) is 19.2. The zero-order valence-electron chi connectivity index (χ0n) is 23.6. The maximum Gasteiger partial charge on any atom is 0.229 e. The van der Waals surface area contributed by atoms with E-state index < -0.39 is 11.6 Å². The fourth-order valence-electron chi connectivity index (χ4n) is 6.00. The summed E-state index contributed by atoms with van der Waals surface area (Å²) in [6, 6.07) is 7.02. The second-order valence-electron chi connectivity index (χ2n) is 11.9. The summed E-state index contributed by atoms with van der Waals surface area (Å²) in [6.07, 6.45) is 4.61. The number of anilines is 2. The summed E-state index contributed by atoms with van der Waals surface area (Å²) in [5.41, 5.74) is 3.16. The van der Waals surface area contributed by atoms with E-state index in [1.807, 2.05) is 38.3 Å². The predicted octanol–water partition coefficient (Wildman–Crippen LogP) is 5.43. The van der Waals surface area contributed by atoms with Crippen molar-refractivity contribution in [3.05, 3.63) is 59.2 Å². The summed E-state index contributed by atoms with van der Waals surface area (Å²) in [5.74, 6) is 0.349. The molecule has 0 spiro atoms. The number of rotatable bonds is 6. The Morgan fingerprint density at radius 3 is 2.48 bits per heavy atom. The molecular weight excluding hydrogens is 510 g/mol. The summed E-state index contributed by atoms with van der Waals surface area (Å²) in [5, 5.41) is 3.12. The maximum absolute atomic E-state index is 15.1. The lowest BCUT2D eigenvalue weighted by molar-refractivity contribution is 0.210. The first-order valence-electron chi connectivity index (χ1n) is 14.1. The van der Waals surface area contributed by atoms with Gasteiger partial charge in [-0.1, -0.05) is 6.07 Å². The van der Waals surface area contributed by atoms with Crippen molar-refractivity contribution in [1.82, 2.24) is 34.3 Å². The molecule has 4 aromatic rings. The lowest BCUT2D eigenvalue weighted by Crippen LogP contribution is -2.37. The zero-order chi connectivity index (χ0) is 28.0. The molecule has 1 aromatic carbocycles. The molecule has 6 rings (SSSR count). The summed E-state index contributed by atoms with van der Waals surface area (Å²) in [4.78, 5) is 22.8. The van der Waals surface area contributed by atoms with E-state index in [1.54, 1.807) is 6.07 Å². The van der Waals surface area contributed by atoms with Crippen LogP contribution in [0.25, 0.3) is 22.3 Å². The number of nitrogens with zero attached hydrogens (tertiary/aromatic N) is 7. The molecule has 2 aliphatic rings. The second kappa shape index (κ2) is 10.5. The standard InChI is InChI=1S/C30H36F2N8/c1-19-34-28-22(31)15-21(16-25(28)40(19)30(2,3)4)27-23(32)17-33-29(37-27)36-26-8-7-20-18-39(12-9-24(20)35-26)14-13-38-10-5-6-11-38/h7-8,15-17H,5-6,9-14,18H2,1-4H3,(H,33,35,36,37).